The van der Waals surface area contributed by atoms with E-state index >= 15 is 0 Å². The number of fused-ring (bicyclic) bond motifs is 1. The maximum absolute atomic E-state index is 4.44. The van der Waals surface area contributed by atoms with Crippen LogP contribution in [0.15, 0.2) is 54.7 Å². The van der Waals surface area contributed by atoms with Gasteiger partial charge in [-0.05, 0) is 47.5 Å². The van der Waals surface area contributed by atoms with Crippen molar-refractivity contribution in [3.8, 4) is 5.69 Å². The number of nitrogens with zero attached hydrogens (tertiary/aromatic N) is 8. The lowest BCUT2D eigenvalue weighted by Crippen LogP contribution is -2.36. The van der Waals surface area contributed by atoms with Crippen molar-refractivity contribution in [2.45, 2.75) is 18.8 Å². The van der Waals surface area contributed by atoms with Gasteiger partial charge in [-0.3, -0.25) is 4.40 Å². The molecule has 1 saturated heterocycles. The van der Waals surface area contributed by atoms with E-state index < -0.39 is 0 Å². The number of rotatable bonds is 3. The molecule has 1 aliphatic heterocycles. The minimum absolute atomic E-state index is 0.294. The van der Waals surface area contributed by atoms with E-state index in [9.17, 15) is 0 Å². The number of anilines is 1. The molecule has 1 aromatic carbocycles. The number of pyridine rings is 1. The van der Waals surface area contributed by atoms with Crippen molar-refractivity contribution in [3.63, 3.8) is 0 Å². The molecule has 0 saturated carbocycles. The number of hydrogen-bond acceptors (Lipinski definition) is 6. The van der Waals surface area contributed by atoms with Crippen LogP contribution in [0, 0.1) is 0 Å². The number of para-hydroxylation sites is 1. The Hall–Kier alpha value is -3.29. The molecule has 0 radical (unpaired) electrons. The summed E-state index contributed by atoms with van der Waals surface area (Å²) in [7, 11) is 0. The molecule has 1 fully saturated rings. The Morgan fingerprint density at radius 3 is 2.73 bits per heavy atom. The monoisotopic (exact) mass is 346 g/mol. The van der Waals surface area contributed by atoms with Crippen LogP contribution in [0.4, 0.5) is 5.95 Å². The van der Waals surface area contributed by atoms with Gasteiger partial charge in [0.1, 0.15) is 5.82 Å². The Morgan fingerprint density at radius 2 is 1.81 bits per heavy atom. The Balaban J connectivity index is 1.46. The third kappa shape index (κ3) is 2.50. The van der Waals surface area contributed by atoms with Crippen LogP contribution >= 0.6 is 0 Å². The minimum atomic E-state index is 0.294. The lowest BCUT2D eigenvalue weighted by molar-refractivity contribution is 0.480. The normalized spacial score (nSPS) is 17.7. The van der Waals surface area contributed by atoms with Crippen LogP contribution in [0.3, 0.4) is 0 Å². The van der Waals surface area contributed by atoms with Gasteiger partial charge in [0.25, 0.3) is 0 Å². The van der Waals surface area contributed by atoms with E-state index in [1.165, 1.54) is 0 Å². The van der Waals surface area contributed by atoms with Crippen LogP contribution in [-0.2, 0) is 0 Å². The zero-order valence-corrected chi connectivity index (χ0v) is 14.2. The Kier molecular flexibility index (Phi) is 3.59. The molecule has 26 heavy (non-hydrogen) atoms. The Labute approximate surface area is 150 Å². The predicted molar refractivity (Wildman–Crippen MR) is 96.3 cm³/mol. The number of piperidine rings is 1. The van der Waals surface area contributed by atoms with E-state index in [-0.39, 0.29) is 0 Å². The largest absolute Gasteiger partial charge is 0.339 e. The highest BCUT2D eigenvalue weighted by atomic mass is 15.6. The smallest absolute Gasteiger partial charge is 0.250 e. The first-order chi connectivity index (χ1) is 12.9. The van der Waals surface area contributed by atoms with Crippen molar-refractivity contribution in [1.82, 2.24) is 34.8 Å². The highest BCUT2D eigenvalue weighted by Crippen LogP contribution is 2.29. The van der Waals surface area contributed by atoms with E-state index in [0.717, 1.165) is 49.0 Å². The van der Waals surface area contributed by atoms with Gasteiger partial charge < -0.3 is 4.90 Å². The number of aromatic nitrogens is 7. The van der Waals surface area contributed by atoms with Gasteiger partial charge in [-0.25, -0.2) is 0 Å². The zero-order chi connectivity index (χ0) is 17.3. The molecule has 8 nitrogen and oxygen atoms in total. The first-order valence-electron chi connectivity index (χ1n) is 8.78. The summed E-state index contributed by atoms with van der Waals surface area (Å²) in [6, 6.07) is 15.9. The molecule has 4 heterocycles. The second kappa shape index (κ2) is 6.21. The van der Waals surface area contributed by atoms with Crippen LogP contribution in [0.5, 0.6) is 0 Å². The molecule has 3 aromatic heterocycles. The summed E-state index contributed by atoms with van der Waals surface area (Å²) in [6.45, 7) is 1.75. The van der Waals surface area contributed by atoms with E-state index in [1.807, 2.05) is 54.7 Å². The van der Waals surface area contributed by atoms with Crippen molar-refractivity contribution in [3.05, 3.63) is 60.6 Å². The third-order valence-electron chi connectivity index (χ3n) is 4.86. The second-order valence-corrected chi connectivity index (χ2v) is 6.50. The molecule has 0 spiro atoms. The van der Waals surface area contributed by atoms with Gasteiger partial charge in [0, 0.05) is 25.2 Å². The predicted octanol–water partition coefficient (Wildman–Crippen LogP) is 2.09. The minimum Gasteiger partial charge on any atom is -0.339 e. The molecule has 5 rings (SSSR count). The van der Waals surface area contributed by atoms with Crippen molar-refractivity contribution in [2.24, 2.45) is 0 Å². The number of hydrogen-bond donors (Lipinski definition) is 0. The highest BCUT2D eigenvalue weighted by Gasteiger charge is 2.28. The fraction of sp³-hybridized carbons (Fsp3) is 0.278. The van der Waals surface area contributed by atoms with E-state index in [0.29, 0.717) is 5.92 Å². The molecule has 0 bridgehead atoms. The summed E-state index contributed by atoms with van der Waals surface area (Å²) < 4.78 is 3.87. The van der Waals surface area contributed by atoms with Gasteiger partial charge in [-0.1, -0.05) is 29.4 Å². The van der Waals surface area contributed by atoms with E-state index in [4.69, 9.17) is 0 Å². The zero-order valence-electron chi connectivity index (χ0n) is 14.2. The van der Waals surface area contributed by atoms with Crippen LogP contribution in [0.2, 0.25) is 0 Å². The van der Waals surface area contributed by atoms with Crippen molar-refractivity contribution in [1.29, 1.82) is 0 Å². The third-order valence-corrected chi connectivity index (χ3v) is 4.86. The maximum Gasteiger partial charge on any atom is 0.250 e. The van der Waals surface area contributed by atoms with Crippen molar-refractivity contribution < 1.29 is 0 Å². The molecular weight excluding hydrogens is 328 g/mol. The van der Waals surface area contributed by atoms with Crippen LogP contribution < -0.4 is 4.90 Å². The number of benzene rings is 1. The Bertz CT molecular complexity index is 1020. The van der Waals surface area contributed by atoms with Crippen LogP contribution in [-0.4, -0.2) is 47.9 Å². The molecule has 130 valence electrons. The molecule has 8 heteroatoms. The maximum atomic E-state index is 4.44. The van der Waals surface area contributed by atoms with E-state index in [2.05, 4.69) is 35.0 Å². The lowest BCUT2D eigenvalue weighted by Gasteiger charge is -2.32. The summed E-state index contributed by atoms with van der Waals surface area (Å²) in [6.07, 6.45) is 4.17. The number of tetrazole rings is 1. The van der Waals surface area contributed by atoms with Gasteiger partial charge >= 0.3 is 0 Å². The summed E-state index contributed by atoms with van der Waals surface area (Å²) >= 11 is 0. The molecule has 0 amide bonds. The summed E-state index contributed by atoms with van der Waals surface area (Å²) in [5.41, 5.74) is 1.84. The molecule has 1 atom stereocenters. The van der Waals surface area contributed by atoms with Gasteiger partial charge in [0.15, 0.2) is 5.65 Å². The fourth-order valence-corrected chi connectivity index (χ4v) is 3.62. The summed E-state index contributed by atoms with van der Waals surface area (Å²) in [5, 5.41) is 21.1. The van der Waals surface area contributed by atoms with Gasteiger partial charge in [-0.2, -0.15) is 4.68 Å². The molecule has 0 unspecified atom stereocenters. The van der Waals surface area contributed by atoms with Crippen molar-refractivity contribution in [2.75, 3.05) is 18.0 Å². The Morgan fingerprint density at radius 1 is 0.923 bits per heavy atom. The highest BCUT2D eigenvalue weighted by molar-refractivity contribution is 5.42. The molecule has 0 N–H and O–H groups in total. The van der Waals surface area contributed by atoms with Gasteiger partial charge in [0.2, 0.25) is 5.95 Å². The van der Waals surface area contributed by atoms with Crippen LogP contribution in [0.25, 0.3) is 11.3 Å². The van der Waals surface area contributed by atoms with Gasteiger partial charge in [0.05, 0.1) is 5.69 Å². The van der Waals surface area contributed by atoms with E-state index in [1.54, 1.807) is 4.68 Å². The average Bonchev–Trinajstić information content (AvgIpc) is 3.36. The second-order valence-electron chi connectivity index (χ2n) is 6.50. The SMILES string of the molecule is c1ccc(-n2nnnc2N2CCC[C@H](c3nnc4ccccn34)C2)cc1. The molecule has 0 aliphatic carbocycles. The molecule has 1 aliphatic rings. The van der Waals surface area contributed by atoms with Crippen molar-refractivity contribution >= 4 is 11.6 Å². The topological polar surface area (TPSA) is 77.0 Å². The lowest BCUT2D eigenvalue weighted by atomic mass is 9.97. The van der Waals surface area contributed by atoms with Gasteiger partial charge in [-0.15, -0.1) is 10.2 Å². The summed E-state index contributed by atoms with van der Waals surface area (Å²) in [4.78, 5) is 2.24. The summed E-state index contributed by atoms with van der Waals surface area (Å²) in [5.74, 6) is 2.07. The molecule has 4 aromatic rings. The molecular formula is C18H18N8. The standard InChI is InChI=1S/C18H18N8/c1-2-8-15(9-3-1)26-18(21-22-23-26)24-11-6-7-14(13-24)17-20-19-16-10-4-5-12-25(16)17/h1-5,8-10,12,14H,6-7,11,13H2/t14-/m0/s1. The first kappa shape index (κ1) is 15.0. The fourth-order valence-electron chi connectivity index (χ4n) is 3.62. The first-order valence-corrected chi connectivity index (χ1v) is 8.78. The average molecular weight is 346 g/mol. The quantitative estimate of drug-likeness (QED) is 0.565. The van der Waals surface area contributed by atoms with Crippen LogP contribution in [0.1, 0.15) is 24.6 Å².